The van der Waals surface area contributed by atoms with E-state index < -0.39 is 0 Å². The van der Waals surface area contributed by atoms with E-state index in [1.807, 2.05) is 31.1 Å². The van der Waals surface area contributed by atoms with Crippen LogP contribution in [0.3, 0.4) is 0 Å². The molecule has 0 atom stereocenters. The average molecular weight is 216 g/mol. The van der Waals surface area contributed by atoms with Crippen LogP contribution in [0.15, 0.2) is 36.4 Å². The summed E-state index contributed by atoms with van der Waals surface area (Å²) in [5.41, 5.74) is 1.63. The Hall–Kier alpha value is -2.10. The van der Waals surface area contributed by atoms with Gasteiger partial charge in [0.2, 0.25) is 0 Å². The molecule has 0 aliphatic carbocycles. The number of benzene rings is 1. The fourth-order valence-electron chi connectivity index (χ4n) is 1.55. The molecule has 1 aromatic carbocycles. The van der Waals surface area contributed by atoms with Gasteiger partial charge in [0.05, 0.1) is 5.69 Å². The topological polar surface area (TPSA) is 40.6 Å². The maximum absolute atomic E-state index is 11.4. The lowest BCUT2D eigenvalue weighted by Gasteiger charge is -2.16. The van der Waals surface area contributed by atoms with Crippen molar-refractivity contribution in [3.63, 3.8) is 0 Å². The Morgan fingerprint density at radius 3 is 1.88 bits per heavy atom. The van der Waals surface area contributed by atoms with Crippen LogP contribution in [0, 0.1) is 0 Å². The fraction of sp³-hybridized carbons (Fsp3) is 0.167. The highest BCUT2D eigenvalue weighted by Gasteiger charge is 2.24. The average Bonchev–Trinajstić information content (AvgIpc) is 2.59. The largest absolute Gasteiger partial charge is 0.378 e. The van der Waals surface area contributed by atoms with E-state index in [4.69, 9.17) is 0 Å². The number of hydrogen-bond donors (Lipinski definition) is 0. The molecule has 82 valence electrons. The van der Waals surface area contributed by atoms with Gasteiger partial charge in [-0.25, -0.2) is 4.90 Å². The van der Waals surface area contributed by atoms with Crippen molar-refractivity contribution in [2.45, 2.75) is 0 Å². The molecule has 0 fully saturated rings. The SMILES string of the molecule is CN(C)c1ccc(N2C(=O)C=CC2=O)cc1. The fourth-order valence-corrected chi connectivity index (χ4v) is 1.55. The first-order valence-electron chi connectivity index (χ1n) is 4.93. The number of imide groups is 1. The molecule has 0 N–H and O–H groups in total. The first-order chi connectivity index (χ1) is 7.59. The lowest BCUT2D eigenvalue weighted by Crippen LogP contribution is -2.29. The van der Waals surface area contributed by atoms with Crippen LogP contribution in [0.4, 0.5) is 11.4 Å². The van der Waals surface area contributed by atoms with Crippen molar-refractivity contribution in [1.82, 2.24) is 0 Å². The van der Waals surface area contributed by atoms with Gasteiger partial charge in [0.1, 0.15) is 0 Å². The maximum Gasteiger partial charge on any atom is 0.258 e. The van der Waals surface area contributed by atoms with Crippen molar-refractivity contribution in [1.29, 1.82) is 0 Å². The molecule has 0 spiro atoms. The molecular weight excluding hydrogens is 204 g/mol. The first-order valence-corrected chi connectivity index (χ1v) is 4.93. The molecule has 1 aliphatic heterocycles. The minimum Gasteiger partial charge on any atom is -0.378 e. The molecule has 0 radical (unpaired) electrons. The highest BCUT2D eigenvalue weighted by molar-refractivity contribution is 6.28. The van der Waals surface area contributed by atoms with Crippen molar-refractivity contribution in [3.05, 3.63) is 36.4 Å². The van der Waals surface area contributed by atoms with E-state index in [1.54, 1.807) is 12.1 Å². The number of amides is 2. The molecule has 2 amide bonds. The summed E-state index contributed by atoms with van der Waals surface area (Å²) in [7, 11) is 3.87. The number of carbonyl (C=O) groups is 2. The van der Waals surface area contributed by atoms with E-state index >= 15 is 0 Å². The number of rotatable bonds is 2. The summed E-state index contributed by atoms with van der Waals surface area (Å²) in [6, 6.07) is 7.26. The first kappa shape index (κ1) is 10.4. The van der Waals surface area contributed by atoms with Crippen LogP contribution in [0.25, 0.3) is 0 Å². The number of carbonyl (C=O) groups excluding carboxylic acids is 2. The van der Waals surface area contributed by atoms with Crippen LogP contribution >= 0.6 is 0 Å². The van der Waals surface area contributed by atoms with E-state index in [2.05, 4.69) is 0 Å². The van der Waals surface area contributed by atoms with Gasteiger partial charge in [0, 0.05) is 31.9 Å². The summed E-state index contributed by atoms with van der Waals surface area (Å²) in [5, 5.41) is 0. The zero-order valence-corrected chi connectivity index (χ0v) is 9.18. The van der Waals surface area contributed by atoms with Gasteiger partial charge in [-0.1, -0.05) is 0 Å². The predicted molar refractivity (Wildman–Crippen MR) is 62.4 cm³/mol. The standard InChI is InChI=1S/C12H12N2O2/c1-13(2)9-3-5-10(6-4-9)14-11(15)7-8-12(14)16/h3-8H,1-2H3. The monoisotopic (exact) mass is 216 g/mol. The minimum atomic E-state index is -0.289. The zero-order valence-electron chi connectivity index (χ0n) is 9.18. The van der Waals surface area contributed by atoms with Gasteiger partial charge in [-0.2, -0.15) is 0 Å². The molecule has 0 aromatic heterocycles. The van der Waals surface area contributed by atoms with Gasteiger partial charge in [-0.3, -0.25) is 9.59 Å². The quantitative estimate of drug-likeness (QED) is 0.697. The second kappa shape index (κ2) is 3.81. The molecule has 0 bridgehead atoms. The molecule has 4 heteroatoms. The molecule has 1 aromatic rings. The van der Waals surface area contributed by atoms with Crippen LogP contribution in [-0.2, 0) is 9.59 Å². The molecule has 0 saturated heterocycles. The molecule has 1 heterocycles. The van der Waals surface area contributed by atoms with Crippen molar-refractivity contribution in [3.8, 4) is 0 Å². The van der Waals surface area contributed by atoms with Crippen molar-refractivity contribution >= 4 is 23.2 Å². The molecular formula is C12H12N2O2. The maximum atomic E-state index is 11.4. The van der Waals surface area contributed by atoms with Crippen LogP contribution in [-0.4, -0.2) is 25.9 Å². The van der Waals surface area contributed by atoms with E-state index in [0.29, 0.717) is 5.69 Å². The Labute approximate surface area is 93.8 Å². The summed E-state index contributed by atoms with van der Waals surface area (Å²) in [4.78, 5) is 25.9. The highest BCUT2D eigenvalue weighted by Crippen LogP contribution is 2.22. The minimum absolute atomic E-state index is 0.289. The molecule has 4 nitrogen and oxygen atoms in total. The third kappa shape index (κ3) is 1.69. The van der Waals surface area contributed by atoms with E-state index in [-0.39, 0.29) is 11.8 Å². The Bertz CT molecular complexity index is 442. The summed E-state index contributed by atoms with van der Waals surface area (Å²) >= 11 is 0. The summed E-state index contributed by atoms with van der Waals surface area (Å²) in [6.45, 7) is 0. The lowest BCUT2D eigenvalue weighted by molar-refractivity contribution is -0.119. The Morgan fingerprint density at radius 2 is 1.44 bits per heavy atom. The molecule has 2 rings (SSSR count). The Kier molecular flexibility index (Phi) is 2.48. The van der Waals surface area contributed by atoms with E-state index in [1.165, 1.54) is 12.2 Å². The van der Waals surface area contributed by atoms with E-state index in [0.717, 1.165) is 10.6 Å². The summed E-state index contributed by atoms with van der Waals surface area (Å²) < 4.78 is 0. The Balaban J connectivity index is 2.29. The van der Waals surface area contributed by atoms with Crippen LogP contribution in [0.5, 0.6) is 0 Å². The van der Waals surface area contributed by atoms with Gasteiger partial charge in [-0.05, 0) is 24.3 Å². The molecule has 1 aliphatic rings. The second-order valence-corrected chi connectivity index (χ2v) is 3.76. The number of anilines is 2. The van der Waals surface area contributed by atoms with Crippen LogP contribution < -0.4 is 9.80 Å². The number of hydrogen-bond acceptors (Lipinski definition) is 3. The zero-order chi connectivity index (χ0) is 11.7. The number of nitrogens with zero attached hydrogens (tertiary/aromatic N) is 2. The van der Waals surface area contributed by atoms with Gasteiger partial charge in [0.25, 0.3) is 11.8 Å². The molecule has 0 saturated carbocycles. The normalized spacial score (nSPS) is 14.8. The third-order valence-corrected chi connectivity index (χ3v) is 2.43. The predicted octanol–water partition coefficient (Wildman–Crippen LogP) is 1.18. The van der Waals surface area contributed by atoms with Gasteiger partial charge >= 0.3 is 0 Å². The van der Waals surface area contributed by atoms with Gasteiger partial charge in [0.15, 0.2) is 0 Å². The summed E-state index contributed by atoms with van der Waals surface area (Å²) in [6.07, 6.45) is 2.56. The lowest BCUT2D eigenvalue weighted by atomic mass is 10.2. The van der Waals surface area contributed by atoms with Crippen molar-refractivity contribution in [2.24, 2.45) is 0 Å². The van der Waals surface area contributed by atoms with Crippen LogP contribution in [0.1, 0.15) is 0 Å². The van der Waals surface area contributed by atoms with Crippen molar-refractivity contribution in [2.75, 3.05) is 23.9 Å². The van der Waals surface area contributed by atoms with Crippen LogP contribution in [0.2, 0.25) is 0 Å². The third-order valence-electron chi connectivity index (χ3n) is 2.43. The van der Waals surface area contributed by atoms with Gasteiger partial charge < -0.3 is 4.90 Å². The van der Waals surface area contributed by atoms with E-state index in [9.17, 15) is 9.59 Å². The van der Waals surface area contributed by atoms with Gasteiger partial charge in [-0.15, -0.1) is 0 Å². The second-order valence-electron chi connectivity index (χ2n) is 3.76. The Morgan fingerprint density at radius 1 is 0.938 bits per heavy atom. The molecule has 16 heavy (non-hydrogen) atoms. The highest BCUT2D eigenvalue weighted by atomic mass is 16.2. The summed E-state index contributed by atoms with van der Waals surface area (Å²) in [5.74, 6) is -0.579. The smallest absolute Gasteiger partial charge is 0.258 e. The van der Waals surface area contributed by atoms with Crippen molar-refractivity contribution < 1.29 is 9.59 Å². The molecule has 0 unspecified atom stereocenters.